The highest BCUT2D eigenvalue weighted by Gasteiger charge is 2.39. The molecule has 4 rings (SSSR count). The van der Waals surface area contributed by atoms with Crippen molar-refractivity contribution in [1.29, 1.82) is 0 Å². The van der Waals surface area contributed by atoms with E-state index < -0.39 is 36.4 Å². The van der Waals surface area contributed by atoms with Gasteiger partial charge in [0, 0.05) is 21.3 Å². The van der Waals surface area contributed by atoms with Gasteiger partial charge in [-0.05, 0) is 78.3 Å². The third kappa shape index (κ3) is 8.05. The van der Waals surface area contributed by atoms with Crippen LogP contribution < -0.4 is 16.0 Å². The van der Waals surface area contributed by atoms with Crippen LogP contribution in [0.5, 0.6) is 0 Å². The van der Waals surface area contributed by atoms with Gasteiger partial charge in [0.05, 0.1) is 12.6 Å². The summed E-state index contributed by atoms with van der Waals surface area (Å²) in [4.78, 5) is 36.0. The molecule has 11 heteroatoms. The summed E-state index contributed by atoms with van der Waals surface area (Å²) in [6.45, 7) is -1.34. The fourth-order valence-electron chi connectivity index (χ4n) is 4.47. The predicted octanol–water partition coefficient (Wildman–Crippen LogP) is 7.31. The Balaban J connectivity index is 1.56. The van der Waals surface area contributed by atoms with E-state index in [1.54, 1.807) is 30.3 Å². The molecule has 3 aromatic rings. The Morgan fingerprint density at radius 1 is 0.902 bits per heavy atom. The average molecular weight is 602 g/mol. The number of amides is 3. The van der Waals surface area contributed by atoms with Crippen LogP contribution in [0.15, 0.2) is 72.8 Å². The lowest BCUT2D eigenvalue weighted by atomic mass is 9.91. The monoisotopic (exact) mass is 601 g/mol. The molecule has 1 aliphatic carbocycles. The van der Waals surface area contributed by atoms with Crippen LogP contribution in [0.4, 0.5) is 19.3 Å². The normalized spacial score (nSPS) is 14.0. The van der Waals surface area contributed by atoms with Gasteiger partial charge in [-0.1, -0.05) is 65.7 Å². The van der Waals surface area contributed by atoms with Gasteiger partial charge in [-0.3, -0.25) is 4.79 Å². The molecule has 4 N–H and O–H groups in total. The fraction of sp³-hybridized carbons (Fsp3) is 0.233. The topological polar surface area (TPSA) is 108 Å². The number of carboxylic acid groups (broad SMARTS) is 1. The smallest absolute Gasteiger partial charge is 0.376 e. The quantitative estimate of drug-likeness (QED) is 0.206. The third-order valence-corrected chi connectivity index (χ3v) is 7.03. The summed E-state index contributed by atoms with van der Waals surface area (Å²) in [6.07, 6.45) is 6.61. The maximum absolute atomic E-state index is 13.4. The van der Waals surface area contributed by atoms with Gasteiger partial charge >= 0.3 is 17.9 Å². The molecule has 1 aliphatic rings. The van der Waals surface area contributed by atoms with Crippen molar-refractivity contribution in [3.8, 4) is 0 Å². The summed E-state index contributed by atoms with van der Waals surface area (Å²) in [5, 5.41) is 16.8. The number of hydrogen-bond acceptors (Lipinski definition) is 3. The van der Waals surface area contributed by atoms with E-state index in [4.69, 9.17) is 28.3 Å². The van der Waals surface area contributed by atoms with Crippen LogP contribution in [-0.2, 0) is 4.79 Å². The molecule has 0 saturated heterocycles. The molecular formula is C30H27Cl2F2N3O4. The molecule has 3 amide bonds. The zero-order chi connectivity index (χ0) is 29.6. The molecule has 214 valence electrons. The molecule has 0 radical (unpaired) electrons. The third-order valence-electron chi connectivity index (χ3n) is 6.59. The highest BCUT2D eigenvalue weighted by atomic mass is 35.5. The van der Waals surface area contributed by atoms with Gasteiger partial charge in [0.1, 0.15) is 0 Å². The van der Waals surface area contributed by atoms with Gasteiger partial charge in [-0.2, -0.15) is 8.78 Å². The van der Waals surface area contributed by atoms with Gasteiger partial charge in [-0.25, -0.2) is 9.59 Å². The van der Waals surface area contributed by atoms with E-state index in [1.807, 2.05) is 29.6 Å². The molecular weight excluding hydrogens is 575 g/mol. The second-order valence-electron chi connectivity index (χ2n) is 9.60. The minimum absolute atomic E-state index is 0.0475. The Labute approximate surface area is 245 Å². The number of urea groups is 1. The maximum Gasteiger partial charge on any atom is 0.376 e. The van der Waals surface area contributed by atoms with Crippen molar-refractivity contribution in [3.05, 3.63) is 105 Å². The number of benzene rings is 3. The first-order chi connectivity index (χ1) is 19.5. The van der Waals surface area contributed by atoms with Crippen molar-refractivity contribution in [3.63, 3.8) is 0 Å². The first-order valence-corrected chi connectivity index (χ1v) is 13.6. The molecule has 0 heterocycles. The summed E-state index contributed by atoms with van der Waals surface area (Å²) in [7, 11) is 0. The first kappa shape index (κ1) is 30.0. The standard InChI is InChI=1S/C30H27Cl2F2N3O4/c31-23-14-24(32)16-25(15-23)36-29(41)37-26(20-8-6-19(7-9-20)18-4-2-1-3-5-18)21-10-12-22(13-11-21)27(38)35-17-30(33,34)28(39)40/h4,6-16,26H,1-3,5,17H2,(H,35,38)(H,39,40)(H2,36,37,41). The summed E-state index contributed by atoms with van der Waals surface area (Å²) >= 11 is 12.1. The van der Waals surface area contributed by atoms with Gasteiger partial charge in [0.25, 0.3) is 5.91 Å². The van der Waals surface area contributed by atoms with Crippen molar-refractivity contribution in [2.45, 2.75) is 37.6 Å². The summed E-state index contributed by atoms with van der Waals surface area (Å²) in [6, 6.07) is 17.3. The maximum atomic E-state index is 13.4. The molecule has 1 atom stereocenters. The van der Waals surface area contributed by atoms with Crippen LogP contribution in [0, 0.1) is 0 Å². The van der Waals surface area contributed by atoms with Crippen LogP contribution in [-0.4, -0.2) is 35.5 Å². The Morgan fingerprint density at radius 3 is 2.07 bits per heavy atom. The van der Waals surface area contributed by atoms with Crippen molar-refractivity contribution >= 4 is 52.4 Å². The van der Waals surface area contributed by atoms with E-state index in [2.05, 4.69) is 16.7 Å². The van der Waals surface area contributed by atoms with Gasteiger partial charge in [-0.15, -0.1) is 0 Å². The second kappa shape index (κ2) is 13.1. The largest absolute Gasteiger partial charge is 0.477 e. The average Bonchev–Trinajstić information content (AvgIpc) is 2.95. The number of carboxylic acids is 1. The molecule has 0 spiro atoms. The Hall–Kier alpha value is -3.95. The zero-order valence-corrected chi connectivity index (χ0v) is 23.2. The SMILES string of the molecule is O=C(Nc1cc(Cl)cc(Cl)c1)NC(c1ccc(C(=O)NCC(F)(F)C(=O)O)cc1)c1ccc(C2=CCCCC2)cc1. The summed E-state index contributed by atoms with van der Waals surface area (Å²) < 4.78 is 26.7. The van der Waals surface area contributed by atoms with Gasteiger partial charge in [0.2, 0.25) is 0 Å². The number of nitrogens with one attached hydrogen (secondary N) is 3. The molecule has 0 bridgehead atoms. The minimum atomic E-state index is -4.09. The van der Waals surface area contributed by atoms with Gasteiger partial charge in [0.15, 0.2) is 0 Å². The predicted molar refractivity (Wildman–Crippen MR) is 155 cm³/mol. The van der Waals surface area contributed by atoms with Crippen LogP contribution in [0.25, 0.3) is 5.57 Å². The Bertz CT molecular complexity index is 1440. The van der Waals surface area contributed by atoms with Crippen LogP contribution >= 0.6 is 23.2 Å². The Morgan fingerprint density at radius 2 is 1.51 bits per heavy atom. The van der Waals surface area contributed by atoms with E-state index in [0.717, 1.165) is 30.4 Å². The van der Waals surface area contributed by atoms with E-state index in [-0.39, 0.29) is 5.56 Å². The Kier molecular flexibility index (Phi) is 9.62. The van der Waals surface area contributed by atoms with Crippen LogP contribution in [0.1, 0.15) is 58.8 Å². The van der Waals surface area contributed by atoms with Crippen molar-refractivity contribution in [2.24, 2.45) is 0 Å². The number of carbonyl (C=O) groups excluding carboxylic acids is 2. The number of carbonyl (C=O) groups is 3. The number of allylic oxidation sites excluding steroid dienone is 2. The molecule has 0 saturated carbocycles. The number of halogens is 4. The molecule has 1 unspecified atom stereocenters. The van der Waals surface area contributed by atoms with Crippen LogP contribution in [0.2, 0.25) is 10.0 Å². The number of hydrogen-bond donors (Lipinski definition) is 4. The molecule has 7 nitrogen and oxygen atoms in total. The molecule has 0 aliphatic heterocycles. The lowest BCUT2D eigenvalue weighted by Gasteiger charge is -2.22. The number of aliphatic carboxylic acids is 1. The van der Waals surface area contributed by atoms with E-state index >= 15 is 0 Å². The van der Waals surface area contributed by atoms with E-state index in [1.165, 1.54) is 24.1 Å². The second-order valence-corrected chi connectivity index (χ2v) is 10.5. The number of alkyl halides is 2. The van der Waals surface area contributed by atoms with Gasteiger partial charge < -0.3 is 21.1 Å². The first-order valence-electron chi connectivity index (χ1n) is 12.8. The van der Waals surface area contributed by atoms with Crippen molar-refractivity contribution in [1.82, 2.24) is 10.6 Å². The minimum Gasteiger partial charge on any atom is -0.477 e. The van der Waals surface area contributed by atoms with E-state index in [0.29, 0.717) is 21.3 Å². The lowest BCUT2D eigenvalue weighted by molar-refractivity contribution is -0.163. The molecule has 0 aromatic heterocycles. The van der Waals surface area contributed by atoms with Crippen LogP contribution in [0.3, 0.4) is 0 Å². The molecule has 0 fully saturated rings. The summed E-state index contributed by atoms with van der Waals surface area (Å²) in [5.41, 5.74) is 4.21. The van der Waals surface area contributed by atoms with E-state index in [9.17, 15) is 23.2 Å². The van der Waals surface area contributed by atoms with Crippen molar-refractivity contribution < 1.29 is 28.3 Å². The summed E-state index contributed by atoms with van der Waals surface area (Å²) in [5.74, 6) is -7.28. The molecule has 3 aromatic carbocycles. The van der Waals surface area contributed by atoms with Crippen molar-refractivity contribution in [2.75, 3.05) is 11.9 Å². The number of anilines is 1. The highest BCUT2D eigenvalue weighted by molar-refractivity contribution is 6.35. The lowest BCUT2D eigenvalue weighted by Crippen LogP contribution is -2.42. The molecule has 41 heavy (non-hydrogen) atoms. The zero-order valence-electron chi connectivity index (χ0n) is 21.7. The fourth-order valence-corrected chi connectivity index (χ4v) is 5.00. The number of rotatable bonds is 9. The highest BCUT2D eigenvalue weighted by Crippen LogP contribution is 2.30.